The molecule has 0 aliphatic carbocycles. The molecule has 0 amide bonds. The van der Waals surface area contributed by atoms with Crippen molar-refractivity contribution in [2.45, 2.75) is 32.7 Å². The van der Waals surface area contributed by atoms with Crippen LogP contribution in [0.4, 0.5) is 0 Å². The molecular weight excluding hydrogens is 224 g/mol. The van der Waals surface area contributed by atoms with Crippen LogP contribution in [0.25, 0.3) is 0 Å². The summed E-state index contributed by atoms with van der Waals surface area (Å²) in [6.07, 6.45) is 6.13. The summed E-state index contributed by atoms with van der Waals surface area (Å²) in [5.41, 5.74) is 3.31. The molecule has 0 aromatic carbocycles. The number of rotatable bonds is 2. The van der Waals surface area contributed by atoms with Crippen molar-refractivity contribution < 1.29 is 0 Å². The molecule has 0 saturated carbocycles. The number of likely N-dealkylation sites (tertiary alicyclic amines) is 1. The summed E-state index contributed by atoms with van der Waals surface area (Å²) in [4.78, 5) is 2.62. The smallest absolute Gasteiger partial charge is 0.0537 e. The molecule has 0 unspecified atom stereocenters. The molecule has 2 aliphatic heterocycles. The summed E-state index contributed by atoms with van der Waals surface area (Å²) >= 11 is 0. The van der Waals surface area contributed by atoms with Gasteiger partial charge in [-0.1, -0.05) is 0 Å². The largest absolute Gasteiger partial charge is 0.317 e. The Balaban J connectivity index is 1.64. The van der Waals surface area contributed by atoms with Crippen LogP contribution in [0.2, 0.25) is 0 Å². The standard InChI is InChI=1S/C14H24N4/c1-12-13(9-16-17(12)2)10-18-8-5-14(11-18)3-6-15-7-4-14/h9,15H,3-8,10-11H2,1-2H3. The fraction of sp³-hybridized carbons (Fsp3) is 0.786. The van der Waals surface area contributed by atoms with Crippen LogP contribution >= 0.6 is 0 Å². The van der Waals surface area contributed by atoms with E-state index in [4.69, 9.17) is 0 Å². The summed E-state index contributed by atoms with van der Waals surface area (Å²) in [6, 6.07) is 0. The van der Waals surface area contributed by atoms with Gasteiger partial charge in [-0.15, -0.1) is 0 Å². The number of nitrogens with zero attached hydrogens (tertiary/aromatic N) is 3. The van der Waals surface area contributed by atoms with Crippen molar-refractivity contribution in [2.24, 2.45) is 12.5 Å². The minimum Gasteiger partial charge on any atom is -0.317 e. The van der Waals surface area contributed by atoms with Gasteiger partial charge in [-0.3, -0.25) is 9.58 Å². The molecule has 0 radical (unpaired) electrons. The summed E-state index contributed by atoms with van der Waals surface area (Å²) in [5.74, 6) is 0. The number of hydrogen-bond donors (Lipinski definition) is 1. The van der Waals surface area contributed by atoms with E-state index in [1.54, 1.807) is 0 Å². The Labute approximate surface area is 109 Å². The van der Waals surface area contributed by atoms with Crippen LogP contribution in [0.15, 0.2) is 6.20 Å². The summed E-state index contributed by atoms with van der Waals surface area (Å²) in [7, 11) is 2.02. The third-order valence-electron chi connectivity index (χ3n) is 4.91. The van der Waals surface area contributed by atoms with Crippen molar-refractivity contribution in [2.75, 3.05) is 26.2 Å². The minimum atomic E-state index is 0.612. The molecule has 3 rings (SSSR count). The summed E-state index contributed by atoms with van der Waals surface area (Å²) in [6.45, 7) is 8.20. The maximum absolute atomic E-state index is 4.34. The van der Waals surface area contributed by atoms with Crippen LogP contribution in [-0.4, -0.2) is 40.9 Å². The first kappa shape index (κ1) is 12.2. The zero-order chi connectivity index (χ0) is 12.6. The lowest BCUT2D eigenvalue weighted by atomic mass is 9.78. The Bertz CT molecular complexity index is 417. The van der Waals surface area contributed by atoms with Crippen LogP contribution in [0, 0.1) is 12.3 Å². The van der Waals surface area contributed by atoms with Crippen LogP contribution in [0.1, 0.15) is 30.5 Å². The molecule has 2 aliphatic rings. The number of piperidine rings is 1. The van der Waals surface area contributed by atoms with Gasteiger partial charge in [0.15, 0.2) is 0 Å². The normalized spacial score (nSPS) is 23.9. The number of hydrogen-bond acceptors (Lipinski definition) is 3. The van der Waals surface area contributed by atoms with Gasteiger partial charge in [-0.05, 0) is 51.2 Å². The highest BCUT2D eigenvalue weighted by Crippen LogP contribution is 2.39. The monoisotopic (exact) mass is 248 g/mol. The molecule has 3 heterocycles. The predicted octanol–water partition coefficient (Wildman–Crippen LogP) is 1.30. The Morgan fingerprint density at radius 3 is 2.78 bits per heavy atom. The van der Waals surface area contributed by atoms with Crippen molar-refractivity contribution in [3.63, 3.8) is 0 Å². The maximum atomic E-state index is 4.34. The molecule has 1 aromatic heterocycles. The quantitative estimate of drug-likeness (QED) is 0.856. The molecule has 1 spiro atoms. The lowest BCUT2D eigenvalue weighted by Gasteiger charge is -2.33. The Kier molecular flexibility index (Phi) is 3.16. The third kappa shape index (κ3) is 2.19. The lowest BCUT2D eigenvalue weighted by Crippen LogP contribution is -2.38. The van der Waals surface area contributed by atoms with Gasteiger partial charge in [-0.25, -0.2) is 0 Å². The minimum absolute atomic E-state index is 0.612. The van der Waals surface area contributed by atoms with E-state index in [0.717, 1.165) is 6.54 Å². The molecule has 1 N–H and O–H groups in total. The van der Waals surface area contributed by atoms with Gasteiger partial charge in [0, 0.05) is 31.4 Å². The van der Waals surface area contributed by atoms with E-state index in [1.807, 2.05) is 17.9 Å². The molecule has 18 heavy (non-hydrogen) atoms. The highest BCUT2D eigenvalue weighted by atomic mass is 15.3. The second-order valence-corrected chi connectivity index (χ2v) is 6.09. The second kappa shape index (κ2) is 4.67. The molecule has 2 fully saturated rings. The molecule has 4 heteroatoms. The molecule has 0 bridgehead atoms. The molecule has 100 valence electrons. The van der Waals surface area contributed by atoms with E-state index in [0.29, 0.717) is 5.41 Å². The number of nitrogens with one attached hydrogen (secondary N) is 1. The lowest BCUT2D eigenvalue weighted by molar-refractivity contribution is 0.194. The molecule has 4 nitrogen and oxygen atoms in total. The van der Waals surface area contributed by atoms with Gasteiger partial charge >= 0.3 is 0 Å². The van der Waals surface area contributed by atoms with E-state index < -0.39 is 0 Å². The average molecular weight is 248 g/mol. The van der Waals surface area contributed by atoms with E-state index in [-0.39, 0.29) is 0 Å². The predicted molar refractivity (Wildman–Crippen MR) is 72.4 cm³/mol. The van der Waals surface area contributed by atoms with Crippen molar-refractivity contribution >= 4 is 0 Å². The Morgan fingerprint density at radius 1 is 1.33 bits per heavy atom. The van der Waals surface area contributed by atoms with E-state index in [1.165, 1.54) is 56.7 Å². The highest BCUT2D eigenvalue weighted by Gasteiger charge is 2.38. The van der Waals surface area contributed by atoms with Crippen molar-refractivity contribution in [3.8, 4) is 0 Å². The van der Waals surface area contributed by atoms with Gasteiger partial charge in [-0.2, -0.15) is 5.10 Å². The average Bonchev–Trinajstić information content (AvgIpc) is 2.90. The summed E-state index contributed by atoms with van der Waals surface area (Å²) < 4.78 is 1.98. The SMILES string of the molecule is Cc1c(CN2CCC3(CCNCC3)C2)cnn1C. The first-order valence-corrected chi connectivity index (χ1v) is 7.09. The van der Waals surface area contributed by atoms with Gasteiger partial charge in [0.2, 0.25) is 0 Å². The fourth-order valence-electron chi connectivity index (χ4n) is 3.47. The van der Waals surface area contributed by atoms with Crippen LogP contribution in [0.5, 0.6) is 0 Å². The van der Waals surface area contributed by atoms with E-state index in [9.17, 15) is 0 Å². The topological polar surface area (TPSA) is 33.1 Å². The van der Waals surface area contributed by atoms with Gasteiger partial charge in [0.1, 0.15) is 0 Å². The van der Waals surface area contributed by atoms with Crippen LogP contribution in [-0.2, 0) is 13.6 Å². The van der Waals surface area contributed by atoms with Gasteiger partial charge in [0.05, 0.1) is 6.20 Å². The Hall–Kier alpha value is -0.870. The highest BCUT2D eigenvalue weighted by molar-refractivity contribution is 5.16. The van der Waals surface area contributed by atoms with E-state index in [2.05, 4.69) is 22.2 Å². The number of aromatic nitrogens is 2. The first-order valence-electron chi connectivity index (χ1n) is 7.09. The number of aryl methyl sites for hydroxylation is 1. The van der Waals surface area contributed by atoms with Crippen LogP contribution in [0.3, 0.4) is 0 Å². The fourth-order valence-corrected chi connectivity index (χ4v) is 3.47. The molecule has 0 atom stereocenters. The van der Waals surface area contributed by atoms with Crippen molar-refractivity contribution in [1.82, 2.24) is 20.0 Å². The first-order chi connectivity index (χ1) is 8.69. The van der Waals surface area contributed by atoms with Crippen molar-refractivity contribution in [1.29, 1.82) is 0 Å². The summed E-state index contributed by atoms with van der Waals surface area (Å²) in [5, 5.41) is 7.82. The third-order valence-corrected chi connectivity index (χ3v) is 4.91. The Morgan fingerprint density at radius 2 is 2.11 bits per heavy atom. The zero-order valence-electron chi connectivity index (χ0n) is 11.6. The van der Waals surface area contributed by atoms with E-state index >= 15 is 0 Å². The zero-order valence-corrected chi connectivity index (χ0v) is 11.6. The maximum Gasteiger partial charge on any atom is 0.0537 e. The molecular formula is C14H24N4. The van der Waals surface area contributed by atoms with Gasteiger partial charge in [0.25, 0.3) is 0 Å². The van der Waals surface area contributed by atoms with Gasteiger partial charge < -0.3 is 5.32 Å². The molecule has 2 saturated heterocycles. The second-order valence-electron chi connectivity index (χ2n) is 6.09. The molecule has 1 aromatic rings. The van der Waals surface area contributed by atoms with Crippen LogP contribution < -0.4 is 5.32 Å². The van der Waals surface area contributed by atoms with Crippen molar-refractivity contribution in [3.05, 3.63) is 17.5 Å².